The fourth-order valence-electron chi connectivity index (χ4n) is 1.74. The van der Waals surface area contributed by atoms with Crippen molar-refractivity contribution >= 4 is 11.0 Å². The summed E-state index contributed by atoms with van der Waals surface area (Å²) >= 11 is 0. The van der Waals surface area contributed by atoms with E-state index in [0.717, 1.165) is 16.7 Å². The second-order valence-corrected chi connectivity index (χ2v) is 4.93. The maximum atomic E-state index is 4.49. The van der Waals surface area contributed by atoms with Crippen LogP contribution in [0.15, 0.2) is 24.4 Å². The fraction of sp³-hybridized carbons (Fsp3) is 0.385. The van der Waals surface area contributed by atoms with Crippen molar-refractivity contribution in [3.05, 3.63) is 35.7 Å². The highest BCUT2D eigenvalue weighted by Gasteiger charge is 2.17. The van der Waals surface area contributed by atoms with E-state index in [4.69, 9.17) is 0 Å². The van der Waals surface area contributed by atoms with E-state index in [2.05, 4.69) is 42.9 Å². The van der Waals surface area contributed by atoms with E-state index in [1.165, 1.54) is 5.56 Å². The summed E-state index contributed by atoms with van der Waals surface area (Å²) in [7, 11) is 0. The summed E-state index contributed by atoms with van der Waals surface area (Å²) in [6.07, 6.45) is 1.83. The SMILES string of the molecule is Cc1cnc2c(C(C)(C)C)cccc2n1. The lowest BCUT2D eigenvalue weighted by molar-refractivity contribution is 0.594. The molecule has 0 spiro atoms. The van der Waals surface area contributed by atoms with Crippen LogP contribution in [0.1, 0.15) is 32.0 Å². The normalized spacial score (nSPS) is 12.0. The van der Waals surface area contributed by atoms with E-state index in [1.807, 2.05) is 19.2 Å². The lowest BCUT2D eigenvalue weighted by atomic mass is 9.86. The van der Waals surface area contributed by atoms with Crippen molar-refractivity contribution < 1.29 is 0 Å². The van der Waals surface area contributed by atoms with Crippen LogP contribution >= 0.6 is 0 Å². The van der Waals surface area contributed by atoms with Crippen LogP contribution in [0.5, 0.6) is 0 Å². The summed E-state index contributed by atoms with van der Waals surface area (Å²) in [6.45, 7) is 8.56. The molecule has 0 unspecified atom stereocenters. The number of benzene rings is 1. The van der Waals surface area contributed by atoms with E-state index in [9.17, 15) is 0 Å². The van der Waals surface area contributed by atoms with Gasteiger partial charge in [-0.1, -0.05) is 32.9 Å². The van der Waals surface area contributed by atoms with Crippen LogP contribution in [0.4, 0.5) is 0 Å². The van der Waals surface area contributed by atoms with Gasteiger partial charge in [-0.3, -0.25) is 4.98 Å². The van der Waals surface area contributed by atoms with Gasteiger partial charge in [0.15, 0.2) is 0 Å². The summed E-state index contributed by atoms with van der Waals surface area (Å²) in [5, 5.41) is 0. The molecular weight excluding hydrogens is 184 g/mol. The summed E-state index contributed by atoms with van der Waals surface area (Å²) in [4.78, 5) is 8.97. The summed E-state index contributed by atoms with van der Waals surface area (Å²) in [5.41, 5.74) is 4.35. The highest BCUT2D eigenvalue weighted by Crippen LogP contribution is 2.27. The Morgan fingerprint density at radius 3 is 2.53 bits per heavy atom. The van der Waals surface area contributed by atoms with Crippen molar-refractivity contribution in [3.63, 3.8) is 0 Å². The van der Waals surface area contributed by atoms with Crippen LogP contribution < -0.4 is 0 Å². The average Bonchev–Trinajstić information content (AvgIpc) is 2.15. The minimum atomic E-state index is 0.115. The lowest BCUT2D eigenvalue weighted by Gasteiger charge is -2.20. The quantitative estimate of drug-likeness (QED) is 0.652. The number of hydrogen-bond donors (Lipinski definition) is 0. The van der Waals surface area contributed by atoms with Crippen LogP contribution in [0.2, 0.25) is 0 Å². The molecule has 2 heteroatoms. The predicted octanol–water partition coefficient (Wildman–Crippen LogP) is 3.24. The van der Waals surface area contributed by atoms with Gasteiger partial charge in [0.05, 0.1) is 16.7 Å². The molecule has 15 heavy (non-hydrogen) atoms. The van der Waals surface area contributed by atoms with E-state index in [1.54, 1.807) is 0 Å². The first kappa shape index (κ1) is 10.1. The van der Waals surface area contributed by atoms with Crippen molar-refractivity contribution in [1.29, 1.82) is 0 Å². The fourth-order valence-corrected chi connectivity index (χ4v) is 1.74. The number of rotatable bonds is 0. The molecule has 0 amide bonds. The molecule has 1 heterocycles. The smallest absolute Gasteiger partial charge is 0.0924 e. The average molecular weight is 200 g/mol. The Morgan fingerprint density at radius 1 is 1.13 bits per heavy atom. The van der Waals surface area contributed by atoms with Gasteiger partial charge in [0.1, 0.15) is 0 Å². The van der Waals surface area contributed by atoms with E-state index >= 15 is 0 Å². The minimum absolute atomic E-state index is 0.115. The molecule has 78 valence electrons. The Hall–Kier alpha value is -1.44. The van der Waals surface area contributed by atoms with Crippen molar-refractivity contribution in [2.24, 2.45) is 0 Å². The molecule has 0 N–H and O–H groups in total. The molecule has 0 aliphatic rings. The van der Waals surface area contributed by atoms with E-state index < -0.39 is 0 Å². The molecular formula is C13H16N2. The monoisotopic (exact) mass is 200 g/mol. The molecule has 0 atom stereocenters. The molecule has 1 aromatic heterocycles. The summed E-state index contributed by atoms with van der Waals surface area (Å²) < 4.78 is 0. The van der Waals surface area contributed by atoms with E-state index in [-0.39, 0.29) is 5.41 Å². The summed E-state index contributed by atoms with van der Waals surface area (Å²) in [5.74, 6) is 0. The molecule has 0 bridgehead atoms. The van der Waals surface area contributed by atoms with Crippen molar-refractivity contribution in [3.8, 4) is 0 Å². The van der Waals surface area contributed by atoms with Gasteiger partial charge in [0.25, 0.3) is 0 Å². The Balaban J connectivity index is 2.77. The zero-order chi connectivity index (χ0) is 11.1. The molecule has 0 radical (unpaired) electrons. The zero-order valence-corrected chi connectivity index (χ0v) is 9.70. The first-order valence-electron chi connectivity index (χ1n) is 5.21. The van der Waals surface area contributed by atoms with Crippen LogP contribution in [0.3, 0.4) is 0 Å². The van der Waals surface area contributed by atoms with Gasteiger partial charge in [-0.05, 0) is 24.0 Å². The highest BCUT2D eigenvalue weighted by atomic mass is 14.8. The van der Waals surface area contributed by atoms with Gasteiger partial charge in [-0.25, -0.2) is 4.98 Å². The van der Waals surface area contributed by atoms with Crippen molar-refractivity contribution in [2.75, 3.05) is 0 Å². The van der Waals surface area contributed by atoms with Gasteiger partial charge >= 0.3 is 0 Å². The molecule has 0 saturated heterocycles. The predicted molar refractivity (Wildman–Crippen MR) is 63.0 cm³/mol. The van der Waals surface area contributed by atoms with Crippen LogP contribution in [0.25, 0.3) is 11.0 Å². The largest absolute Gasteiger partial charge is 0.252 e. The molecule has 0 fully saturated rings. The van der Waals surface area contributed by atoms with Gasteiger partial charge in [0, 0.05) is 6.20 Å². The number of hydrogen-bond acceptors (Lipinski definition) is 2. The third kappa shape index (κ3) is 1.84. The Morgan fingerprint density at radius 2 is 1.87 bits per heavy atom. The maximum absolute atomic E-state index is 4.49. The van der Waals surface area contributed by atoms with Crippen molar-refractivity contribution in [2.45, 2.75) is 33.1 Å². The molecule has 0 aliphatic carbocycles. The molecule has 0 aliphatic heterocycles. The van der Waals surface area contributed by atoms with Gasteiger partial charge in [-0.2, -0.15) is 0 Å². The summed E-state index contributed by atoms with van der Waals surface area (Å²) in [6, 6.07) is 6.20. The topological polar surface area (TPSA) is 25.8 Å². The molecule has 2 nitrogen and oxygen atoms in total. The van der Waals surface area contributed by atoms with Crippen LogP contribution in [-0.2, 0) is 5.41 Å². The first-order chi connectivity index (χ1) is 6.98. The number of aryl methyl sites for hydroxylation is 1. The number of fused-ring (bicyclic) bond motifs is 1. The first-order valence-corrected chi connectivity index (χ1v) is 5.21. The number of para-hydroxylation sites is 1. The van der Waals surface area contributed by atoms with Crippen LogP contribution in [0, 0.1) is 6.92 Å². The van der Waals surface area contributed by atoms with Crippen LogP contribution in [-0.4, -0.2) is 9.97 Å². The van der Waals surface area contributed by atoms with Gasteiger partial charge in [0.2, 0.25) is 0 Å². The highest BCUT2D eigenvalue weighted by molar-refractivity contribution is 5.78. The zero-order valence-electron chi connectivity index (χ0n) is 9.70. The molecule has 2 rings (SSSR count). The van der Waals surface area contributed by atoms with Gasteiger partial charge in [-0.15, -0.1) is 0 Å². The molecule has 1 aromatic carbocycles. The Kier molecular flexibility index (Phi) is 2.22. The standard InChI is InChI=1S/C13H16N2/c1-9-8-14-12-10(13(2,3)4)6-5-7-11(12)15-9/h5-8H,1-4H3. The second-order valence-electron chi connectivity index (χ2n) is 4.93. The lowest BCUT2D eigenvalue weighted by Crippen LogP contribution is -2.12. The van der Waals surface area contributed by atoms with Gasteiger partial charge < -0.3 is 0 Å². The Bertz CT molecular complexity index is 495. The number of nitrogens with zero attached hydrogens (tertiary/aromatic N) is 2. The Labute approximate surface area is 90.4 Å². The second kappa shape index (κ2) is 3.30. The minimum Gasteiger partial charge on any atom is -0.252 e. The molecule has 2 aromatic rings. The molecule has 0 saturated carbocycles. The maximum Gasteiger partial charge on any atom is 0.0924 e. The van der Waals surface area contributed by atoms with E-state index in [0.29, 0.717) is 0 Å². The van der Waals surface area contributed by atoms with Crippen molar-refractivity contribution in [1.82, 2.24) is 9.97 Å². The third-order valence-electron chi connectivity index (χ3n) is 2.50. The number of aromatic nitrogens is 2. The third-order valence-corrected chi connectivity index (χ3v) is 2.50.